The van der Waals surface area contributed by atoms with Gasteiger partial charge in [-0.25, -0.2) is 4.79 Å². The van der Waals surface area contributed by atoms with Crippen LogP contribution in [0.2, 0.25) is 0 Å². The van der Waals surface area contributed by atoms with E-state index in [1.165, 1.54) is 11.3 Å². The lowest BCUT2D eigenvalue weighted by Crippen LogP contribution is -2.34. The molecule has 0 aliphatic carbocycles. The Balaban J connectivity index is 3.27. The topological polar surface area (TPSA) is 37.3 Å². The number of aromatic carboxylic acids is 1. The van der Waals surface area contributed by atoms with Crippen molar-refractivity contribution in [2.75, 3.05) is 0 Å². The maximum Gasteiger partial charge on any atom is 0.346 e. The highest BCUT2D eigenvalue weighted by atomic mass is 32.1. The zero-order chi connectivity index (χ0) is 11.9. The molecule has 0 unspecified atom stereocenters. The molecule has 1 heterocycles. The van der Waals surface area contributed by atoms with Crippen LogP contribution in [-0.2, 0) is 5.41 Å². The Morgan fingerprint density at radius 3 is 2.20 bits per heavy atom. The molecule has 1 N–H and O–H groups in total. The lowest BCUT2D eigenvalue weighted by atomic mass is 9.65. The molecule has 0 atom stereocenters. The number of thiophene rings is 1. The maximum atomic E-state index is 11.1. The first kappa shape index (κ1) is 12.2. The second-order valence-corrected chi connectivity index (χ2v) is 6.26. The zero-order valence-electron chi connectivity index (χ0n) is 9.92. The van der Waals surface area contributed by atoms with Crippen LogP contribution in [-0.4, -0.2) is 11.1 Å². The van der Waals surface area contributed by atoms with Gasteiger partial charge >= 0.3 is 5.97 Å². The maximum absolute atomic E-state index is 11.1. The molecular formula is C12H18O2S. The van der Waals surface area contributed by atoms with Gasteiger partial charge in [-0.15, -0.1) is 11.3 Å². The molecule has 0 fully saturated rings. The minimum Gasteiger partial charge on any atom is -0.477 e. The molecule has 0 spiro atoms. The minimum absolute atomic E-state index is 0.0400. The molecule has 0 saturated heterocycles. The largest absolute Gasteiger partial charge is 0.477 e. The van der Waals surface area contributed by atoms with E-state index in [1.807, 2.05) is 11.4 Å². The summed E-state index contributed by atoms with van der Waals surface area (Å²) < 4.78 is 0. The summed E-state index contributed by atoms with van der Waals surface area (Å²) in [5.74, 6) is -0.822. The summed E-state index contributed by atoms with van der Waals surface area (Å²) in [6.45, 7) is 10.6. The average molecular weight is 226 g/mol. The third-order valence-electron chi connectivity index (χ3n) is 3.41. The average Bonchev–Trinajstić information content (AvgIpc) is 2.48. The van der Waals surface area contributed by atoms with Crippen molar-refractivity contribution >= 4 is 17.3 Å². The molecule has 0 saturated carbocycles. The van der Waals surface area contributed by atoms with Crippen molar-refractivity contribution in [3.63, 3.8) is 0 Å². The summed E-state index contributed by atoms with van der Waals surface area (Å²) in [7, 11) is 0. The Labute approximate surface area is 94.9 Å². The molecule has 84 valence electrons. The van der Waals surface area contributed by atoms with Gasteiger partial charge in [0.1, 0.15) is 4.88 Å². The van der Waals surface area contributed by atoms with Crippen LogP contribution in [0.5, 0.6) is 0 Å². The molecule has 1 rings (SSSR count). The smallest absolute Gasteiger partial charge is 0.346 e. The van der Waals surface area contributed by atoms with Crippen LogP contribution in [0.3, 0.4) is 0 Å². The summed E-state index contributed by atoms with van der Waals surface area (Å²) in [6, 6.07) is 1.93. The van der Waals surface area contributed by atoms with Gasteiger partial charge in [-0.05, 0) is 27.8 Å². The second-order valence-electron chi connectivity index (χ2n) is 5.34. The second kappa shape index (κ2) is 3.63. The molecule has 3 heteroatoms. The fourth-order valence-electron chi connectivity index (χ4n) is 1.37. The lowest BCUT2D eigenvalue weighted by Gasteiger charge is -2.39. The number of rotatable bonds is 2. The standard InChI is InChI=1S/C12H18O2S/c1-11(2,3)12(4,5)8-6-7-15-9(8)10(13)14/h6-7H,1-5H3,(H,13,14). The number of carbonyl (C=O) groups is 1. The summed E-state index contributed by atoms with van der Waals surface area (Å²) in [4.78, 5) is 11.5. The first-order valence-electron chi connectivity index (χ1n) is 4.99. The minimum atomic E-state index is -0.822. The van der Waals surface area contributed by atoms with E-state index >= 15 is 0 Å². The van der Waals surface area contributed by atoms with Gasteiger partial charge in [0.2, 0.25) is 0 Å². The van der Waals surface area contributed by atoms with Crippen molar-refractivity contribution in [2.45, 2.75) is 40.0 Å². The number of hydrogen-bond donors (Lipinski definition) is 1. The van der Waals surface area contributed by atoms with Crippen molar-refractivity contribution in [1.29, 1.82) is 0 Å². The van der Waals surface area contributed by atoms with Crippen molar-refractivity contribution < 1.29 is 9.90 Å². The van der Waals surface area contributed by atoms with Crippen LogP contribution in [0.15, 0.2) is 11.4 Å². The fraction of sp³-hybridized carbons (Fsp3) is 0.583. The summed E-state index contributed by atoms with van der Waals surface area (Å²) >= 11 is 1.30. The van der Waals surface area contributed by atoms with Crippen LogP contribution < -0.4 is 0 Å². The van der Waals surface area contributed by atoms with Gasteiger partial charge in [-0.1, -0.05) is 34.6 Å². The van der Waals surface area contributed by atoms with E-state index in [1.54, 1.807) is 0 Å². The Bertz CT molecular complexity index is 369. The predicted octanol–water partition coefficient (Wildman–Crippen LogP) is 3.77. The highest BCUT2D eigenvalue weighted by Crippen LogP contribution is 2.43. The van der Waals surface area contributed by atoms with E-state index < -0.39 is 5.97 Å². The lowest BCUT2D eigenvalue weighted by molar-refractivity contribution is 0.0697. The van der Waals surface area contributed by atoms with Crippen molar-refractivity contribution in [1.82, 2.24) is 0 Å². The monoisotopic (exact) mass is 226 g/mol. The predicted molar refractivity (Wildman–Crippen MR) is 63.8 cm³/mol. The molecule has 15 heavy (non-hydrogen) atoms. The molecule has 0 amide bonds. The van der Waals surface area contributed by atoms with Crippen molar-refractivity contribution in [3.8, 4) is 0 Å². The summed E-state index contributed by atoms with van der Waals surface area (Å²) in [5.41, 5.74) is 0.839. The molecule has 0 aromatic carbocycles. The SMILES string of the molecule is CC(C)(C)C(C)(C)c1ccsc1C(=O)O. The molecule has 0 bridgehead atoms. The van der Waals surface area contributed by atoms with E-state index in [9.17, 15) is 4.79 Å². The third kappa shape index (κ3) is 2.07. The van der Waals surface area contributed by atoms with Crippen LogP contribution in [0.4, 0.5) is 0 Å². The van der Waals surface area contributed by atoms with Crippen molar-refractivity contribution in [2.24, 2.45) is 5.41 Å². The van der Waals surface area contributed by atoms with Gasteiger partial charge in [-0.3, -0.25) is 0 Å². The fourth-order valence-corrected chi connectivity index (χ4v) is 2.26. The number of hydrogen-bond acceptors (Lipinski definition) is 2. The van der Waals surface area contributed by atoms with Crippen LogP contribution in [0, 0.1) is 5.41 Å². The van der Waals surface area contributed by atoms with Gasteiger partial charge in [-0.2, -0.15) is 0 Å². The van der Waals surface area contributed by atoms with Gasteiger partial charge in [0.05, 0.1) is 0 Å². The van der Waals surface area contributed by atoms with E-state index in [0.29, 0.717) is 4.88 Å². The van der Waals surface area contributed by atoms with E-state index in [2.05, 4.69) is 34.6 Å². The highest BCUT2D eigenvalue weighted by molar-refractivity contribution is 7.12. The van der Waals surface area contributed by atoms with Crippen LogP contribution >= 0.6 is 11.3 Å². The quantitative estimate of drug-likeness (QED) is 0.833. The van der Waals surface area contributed by atoms with E-state index in [0.717, 1.165) is 5.56 Å². The van der Waals surface area contributed by atoms with Gasteiger partial charge in [0, 0.05) is 0 Å². The first-order valence-corrected chi connectivity index (χ1v) is 5.87. The Kier molecular flexibility index (Phi) is 2.97. The van der Waals surface area contributed by atoms with Crippen LogP contribution in [0.25, 0.3) is 0 Å². The molecule has 0 aliphatic rings. The third-order valence-corrected chi connectivity index (χ3v) is 4.31. The molecule has 0 aliphatic heterocycles. The van der Waals surface area contributed by atoms with Crippen LogP contribution in [0.1, 0.15) is 49.9 Å². The number of carboxylic acid groups (broad SMARTS) is 1. The van der Waals surface area contributed by atoms with E-state index in [-0.39, 0.29) is 10.8 Å². The normalized spacial score (nSPS) is 12.9. The number of carboxylic acids is 1. The summed E-state index contributed by atoms with van der Waals surface area (Å²) in [6.07, 6.45) is 0. The first-order chi connectivity index (χ1) is 6.68. The molecule has 1 aromatic rings. The van der Waals surface area contributed by atoms with Gasteiger partial charge < -0.3 is 5.11 Å². The Morgan fingerprint density at radius 2 is 1.80 bits per heavy atom. The van der Waals surface area contributed by atoms with Gasteiger partial charge in [0.25, 0.3) is 0 Å². The zero-order valence-corrected chi connectivity index (χ0v) is 10.7. The van der Waals surface area contributed by atoms with Gasteiger partial charge in [0.15, 0.2) is 0 Å². The molecule has 2 nitrogen and oxygen atoms in total. The Hall–Kier alpha value is -0.830. The van der Waals surface area contributed by atoms with E-state index in [4.69, 9.17) is 5.11 Å². The highest BCUT2D eigenvalue weighted by Gasteiger charge is 2.37. The molecule has 0 radical (unpaired) electrons. The molecular weight excluding hydrogens is 208 g/mol. The molecule has 1 aromatic heterocycles. The summed E-state index contributed by atoms with van der Waals surface area (Å²) in [5, 5.41) is 10.9. The van der Waals surface area contributed by atoms with Crippen molar-refractivity contribution in [3.05, 3.63) is 21.9 Å². The Morgan fingerprint density at radius 1 is 1.27 bits per heavy atom.